The van der Waals surface area contributed by atoms with Gasteiger partial charge >= 0.3 is 5.69 Å². The van der Waals surface area contributed by atoms with Crippen LogP contribution in [0.5, 0.6) is 5.75 Å². The van der Waals surface area contributed by atoms with Crippen molar-refractivity contribution in [2.75, 3.05) is 33.5 Å². The van der Waals surface area contributed by atoms with Crippen LogP contribution >= 0.6 is 0 Å². The number of rotatable bonds is 5. The molecule has 0 spiro atoms. The smallest absolute Gasteiger partial charge is 0.311 e. The Labute approximate surface area is 116 Å². The molecule has 20 heavy (non-hydrogen) atoms. The normalized spacial score (nSPS) is 19.8. The Kier molecular flexibility index (Phi) is 4.89. The van der Waals surface area contributed by atoms with Crippen molar-refractivity contribution >= 4 is 5.69 Å². The SMILES string of the molecule is COc1ccc(CN2CCOCC2CO)cc1[N+](=O)[O-]. The van der Waals surface area contributed by atoms with Gasteiger partial charge in [0.1, 0.15) is 0 Å². The zero-order valence-electron chi connectivity index (χ0n) is 11.3. The fraction of sp³-hybridized carbons (Fsp3) is 0.538. The maximum atomic E-state index is 11.0. The van der Waals surface area contributed by atoms with Crippen molar-refractivity contribution in [1.29, 1.82) is 0 Å². The quantitative estimate of drug-likeness (QED) is 0.635. The number of ether oxygens (including phenoxy) is 2. The van der Waals surface area contributed by atoms with Crippen molar-refractivity contribution in [2.45, 2.75) is 12.6 Å². The van der Waals surface area contributed by atoms with Gasteiger partial charge in [0.05, 0.1) is 37.9 Å². The number of hydrogen-bond donors (Lipinski definition) is 1. The lowest BCUT2D eigenvalue weighted by Gasteiger charge is -2.34. The Balaban J connectivity index is 2.16. The zero-order valence-corrected chi connectivity index (χ0v) is 11.3. The Morgan fingerprint density at radius 2 is 2.40 bits per heavy atom. The molecule has 0 radical (unpaired) electrons. The number of nitro groups is 1. The van der Waals surface area contributed by atoms with Crippen LogP contribution in [0.15, 0.2) is 18.2 Å². The molecule has 7 heteroatoms. The predicted octanol–water partition coefficient (Wildman–Crippen LogP) is 0.796. The van der Waals surface area contributed by atoms with Gasteiger partial charge < -0.3 is 14.6 Å². The van der Waals surface area contributed by atoms with E-state index in [0.717, 1.165) is 5.56 Å². The largest absolute Gasteiger partial charge is 0.490 e. The van der Waals surface area contributed by atoms with E-state index in [-0.39, 0.29) is 24.1 Å². The molecule has 0 aliphatic carbocycles. The minimum absolute atomic E-state index is 0.0122. The van der Waals surface area contributed by atoms with Crippen LogP contribution in [0.3, 0.4) is 0 Å². The predicted molar refractivity (Wildman–Crippen MR) is 71.8 cm³/mol. The third-order valence-corrected chi connectivity index (χ3v) is 3.39. The molecule has 0 aromatic heterocycles. The van der Waals surface area contributed by atoms with Crippen molar-refractivity contribution < 1.29 is 19.5 Å². The Morgan fingerprint density at radius 1 is 1.60 bits per heavy atom. The van der Waals surface area contributed by atoms with Gasteiger partial charge in [-0.1, -0.05) is 6.07 Å². The molecule has 2 rings (SSSR count). The standard InChI is InChI=1S/C13H18N2O5/c1-19-13-3-2-10(6-12(13)15(17)18)7-14-4-5-20-9-11(14)8-16/h2-3,6,11,16H,4-5,7-9H2,1H3. The van der Waals surface area contributed by atoms with Gasteiger partial charge in [-0.3, -0.25) is 15.0 Å². The molecule has 1 N–H and O–H groups in total. The summed E-state index contributed by atoms with van der Waals surface area (Å²) in [5.41, 5.74) is 0.775. The molecule has 1 saturated heterocycles. The van der Waals surface area contributed by atoms with E-state index in [4.69, 9.17) is 9.47 Å². The Bertz CT molecular complexity index is 480. The summed E-state index contributed by atoms with van der Waals surface area (Å²) >= 11 is 0. The summed E-state index contributed by atoms with van der Waals surface area (Å²) in [6.07, 6.45) is 0. The number of aliphatic hydroxyl groups excluding tert-OH is 1. The van der Waals surface area contributed by atoms with E-state index in [0.29, 0.717) is 26.3 Å². The van der Waals surface area contributed by atoms with Crippen molar-refractivity contribution in [3.8, 4) is 5.75 Å². The van der Waals surface area contributed by atoms with Gasteiger partial charge in [0.2, 0.25) is 0 Å². The van der Waals surface area contributed by atoms with Gasteiger partial charge in [-0.2, -0.15) is 0 Å². The van der Waals surface area contributed by atoms with Crippen LogP contribution in [0, 0.1) is 10.1 Å². The summed E-state index contributed by atoms with van der Waals surface area (Å²) in [5, 5.41) is 20.3. The van der Waals surface area contributed by atoms with E-state index < -0.39 is 4.92 Å². The lowest BCUT2D eigenvalue weighted by atomic mass is 10.1. The van der Waals surface area contributed by atoms with Crippen molar-refractivity contribution in [3.05, 3.63) is 33.9 Å². The number of nitro benzene ring substituents is 1. The third-order valence-electron chi connectivity index (χ3n) is 3.39. The molecule has 1 heterocycles. The lowest BCUT2D eigenvalue weighted by Crippen LogP contribution is -2.46. The molecule has 1 unspecified atom stereocenters. The fourth-order valence-electron chi connectivity index (χ4n) is 2.28. The van der Waals surface area contributed by atoms with Crippen molar-refractivity contribution in [2.24, 2.45) is 0 Å². The molecule has 1 aromatic carbocycles. The van der Waals surface area contributed by atoms with E-state index >= 15 is 0 Å². The molecule has 0 amide bonds. The summed E-state index contributed by atoms with van der Waals surface area (Å²) in [7, 11) is 1.41. The Hall–Kier alpha value is -1.70. The number of morpholine rings is 1. The van der Waals surface area contributed by atoms with E-state index in [1.165, 1.54) is 13.2 Å². The zero-order chi connectivity index (χ0) is 14.5. The molecule has 1 fully saturated rings. The van der Waals surface area contributed by atoms with Gasteiger partial charge in [0.15, 0.2) is 5.75 Å². The summed E-state index contributed by atoms with van der Waals surface area (Å²) in [5.74, 6) is 0.249. The van der Waals surface area contributed by atoms with Gasteiger partial charge in [-0.05, 0) is 11.6 Å². The van der Waals surface area contributed by atoms with Crippen LogP contribution in [0.4, 0.5) is 5.69 Å². The van der Waals surface area contributed by atoms with E-state index in [1.807, 2.05) is 0 Å². The summed E-state index contributed by atoms with van der Waals surface area (Å²) in [6, 6.07) is 4.85. The molecular formula is C13H18N2O5. The molecule has 1 aliphatic rings. The highest BCUT2D eigenvalue weighted by Crippen LogP contribution is 2.28. The first-order valence-electron chi connectivity index (χ1n) is 6.39. The molecule has 1 atom stereocenters. The summed E-state index contributed by atoms with van der Waals surface area (Å²) in [4.78, 5) is 12.6. The lowest BCUT2D eigenvalue weighted by molar-refractivity contribution is -0.385. The van der Waals surface area contributed by atoms with Crippen LogP contribution in [0.25, 0.3) is 0 Å². The van der Waals surface area contributed by atoms with Crippen LogP contribution in [0.1, 0.15) is 5.56 Å². The first-order chi connectivity index (χ1) is 9.65. The number of aliphatic hydroxyl groups is 1. The van der Waals surface area contributed by atoms with E-state index in [1.54, 1.807) is 12.1 Å². The highest BCUT2D eigenvalue weighted by molar-refractivity contribution is 5.48. The molecule has 7 nitrogen and oxygen atoms in total. The molecular weight excluding hydrogens is 264 g/mol. The monoisotopic (exact) mass is 282 g/mol. The van der Waals surface area contributed by atoms with E-state index in [2.05, 4.69) is 4.90 Å². The second-order valence-electron chi connectivity index (χ2n) is 4.65. The van der Waals surface area contributed by atoms with Crippen LogP contribution < -0.4 is 4.74 Å². The second-order valence-corrected chi connectivity index (χ2v) is 4.65. The third kappa shape index (κ3) is 3.24. The Morgan fingerprint density at radius 3 is 3.05 bits per heavy atom. The van der Waals surface area contributed by atoms with Crippen LogP contribution in [-0.2, 0) is 11.3 Å². The first kappa shape index (κ1) is 14.7. The first-order valence-corrected chi connectivity index (χ1v) is 6.39. The molecule has 110 valence electrons. The van der Waals surface area contributed by atoms with Crippen LogP contribution in [-0.4, -0.2) is 54.4 Å². The highest BCUT2D eigenvalue weighted by atomic mass is 16.6. The molecule has 0 saturated carbocycles. The van der Waals surface area contributed by atoms with Gasteiger partial charge in [-0.25, -0.2) is 0 Å². The second kappa shape index (κ2) is 6.65. The van der Waals surface area contributed by atoms with Crippen LogP contribution in [0.2, 0.25) is 0 Å². The number of nitrogens with zero attached hydrogens (tertiary/aromatic N) is 2. The van der Waals surface area contributed by atoms with Crippen molar-refractivity contribution in [3.63, 3.8) is 0 Å². The molecule has 1 aromatic rings. The minimum Gasteiger partial charge on any atom is -0.490 e. The number of hydrogen-bond acceptors (Lipinski definition) is 6. The molecule has 1 aliphatic heterocycles. The maximum absolute atomic E-state index is 11.0. The number of methoxy groups -OCH3 is 1. The minimum atomic E-state index is -0.453. The summed E-state index contributed by atoms with van der Waals surface area (Å²) in [6.45, 7) is 2.34. The topological polar surface area (TPSA) is 85.1 Å². The van der Waals surface area contributed by atoms with Gasteiger partial charge in [0, 0.05) is 19.2 Å². The van der Waals surface area contributed by atoms with Gasteiger partial charge in [-0.15, -0.1) is 0 Å². The molecule has 0 bridgehead atoms. The summed E-state index contributed by atoms with van der Waals surface area (Å²) < 4.78 is 10.3. The highest BCUT2D eigenvalue weighted by Gasteiger charge is 2.23. The fourth-order valence-corrected chi connectivity index (χ4v) is 2.28. The average Bonchev–Trinajstić information content (AvgIpc) is 2.47. The maximum Gasteiger partial charge on any atom is 0.311 e. The average molecular weight is 282 g/mol. The number of benzene rings is 1. The van der Waals surface area contributed by atoms with Crippen molar-refractivity contribution in [1.82, 2.24) is 4.90 Å². The van der Waals surface area contributed by atoms with Gasteiger partial charge in [0.25, 0.3) is 0 Å². The van der Waals surface area contributed by atoms with E-state index in [9.17, 15) is 15.2 Å².